The summed E-state index contributed by atoms with van der Waals surface area (Å²) < 4.78 is 16.5. The van der Waals surface area contributed by atoms with Crippen molar-refractivity contribution in [1.29, 1.82) is 0 Å². The van der Waals surface area contributed by atoms with Gasteiger partial charge < -0.3 is 34.6 Å². The molecule has 9 nitrogen and oxygen atoms in total. The topological polar surface area (TPSA) is 146 Å². The number of hydrogen-bond donors (Lipinski definition) is 4. The molecule has 1 fully saturated rings. The van der Waals surface area contributed by atoms with Crippen LogP contribution in [0.2, 0.25) is 0 Å². The maximum Gasteiger partial charge on any atom is 0.309 e. The quantitative estimate of drug-likeness (QED) is 0.139. The van der Waals surface area contributed by atoms with Gasteiger partial charge in [0.25, 0.3) is 0 Å². The van der Waals surface area contributed by atoms with E-state index >= 15 is 0 Å². The van der Waals surface area contributed by atoms with Gasteiger partial charge in [0.1, 0.15) is 24.4 Å². The fraction of sp³-hybridized carbons (Fsp3) is 0.733. The second-order valence-corrected chi connectivity index (χ2v) is 11.4. The zero-order valence-corrected chi connectivity index (χ0v) is 24.2. The van der Waals surface area contributed by atoms with Crippen molar-refractivity contribution in [3.8, 4) is 0 Å². The third-order valence-corrected chi connectivity index (χ3v) is 7.74. The summed E-state index contributed by atoms with van der Waals surface area (Å²) in [6.07, 6.45) is 6.93. The molecule has 0 aromatic rings. The molecule has 0 aliphatic carbocycles. The number of carbonyl (C=O) groups is 2. The summed E-state index contributed by atoms with van der Waals surface area (Å²) in [5.41, 5.74) is -1.03. The molecule has 0 radical (unpaired) electrons. The van der Waals surface area contributed by atoms with Gasteiger partial charge in [0.05, 0.1) is 30.8 Å². The average molecular weight is 553 g/mol. The zero-order chi connectivity index (χ0) is 29.3. The molecule has 4 N–H and O–H groups in total. The van der Waals surface area contributed by atoms with Crippen LogP contribution in [0.1, 0.15) is 73.6 Å². The first-order chi connectivity index (χ1) is 18.3. The Morgan fingerprint density at radius 1 is 1.26 bits per heavy atom. The number of hydrogen-bond acceptors (Lipinski definition) is 9. The minimum Gasteiger partial charge on any atom is -0.463 e. The molecule has 0 bridgehead atoms. The highest BCUT2D eigenvalue weighted by Crippen LogP contribution is 2.36. The third-order valence-electron chi connectivity index (χ3n) is 7.74. The predicted octanol–water partition coefficient (Wildman–Crippen LogP) is 2.99. The first kappa shape index (κ1) is 33.2. The molecular weight excluding hydrogens is 504 g/mol. The molecule has 0 amide bonds. The van der Waals surface area contributed by atoms with Crippen LogP contribution in [0.25, 0.3) is 0 Å². The summed E-state index contributed by atoms with van der Waals surface area (Å²) in [5, 5.41) is 42.1. The molecule has 2 aliphatic rings. The van der Waals surface area contributed by atoms with Gasteiger partial charge in [0.2, 0.25) is 0 Å². The van der Waals surface area contributed by atoms with Gasteiger partial charge in [-0.1, -0.05) is 58.1 Å². The van der Waals surface area contributed by atoms with Gasteiger partial charge >= 0.3 is 11.9 Å². The number of carbonyl (C=O) groups excluding carboxylic acids is 2. The zero-order valence-electron chi connectivity index (χ0n) is 24.2. The first-order valence-corrected chi connectivity index (χ1v) is 14.1. The lowest BCUT2D eigenvalue weighted by Gasteiger charge is -2.32. The Bertz CT molecular complexity index is 897. The molecule has 2 heterocycles. The number of cyclic esters (lactones) is 1. The van der Waals surface area contributed by atoms with E-state index in [4.69, 9.17) is 14.2 Å². The Labute approximate surface area is 232 Å². The highest BCUT2D eigenvalue weighted by atomic mass is 16.6. The fourth-order valence-corrected chi connectivity index (χ4v) is 4.94. The van der Waals surface area contributed by atoms with Crippen molar-refractivity contribution >= 4 is 11.9 Å². The summed E-state index contributed by atoms with van der Waals surface area (Å²) >= 11 is 0. The Morgan fingerprint density at radius 3 is 2.59 bits per heavy atom. The molecule has 10 unspecified atom stereocenters. The van der Waals surface area contributed by atoms with Gasteiger partial charge in [0, 0.05) is 18.8 Å². The number of aliphatic hydroxyl groups is 4. The van der Waals surface area contributed by atoms with Crippen molar-refractivity contribution < 1.29 is 44.2 Å². The molecule has 2 rings (SSSR count). The predicted molar refractivity (Wildman–Crippen MR) is 146 cm³/mol. The highest BCUT2D eigenvalue weighted by Gasteiger charge is 2.45. The number of esters is 2. The highest BCUT2D eigenvalue weighted by molar-refractivity contribution is 5.70. The Balaban J connectivity index is 2.10. The van der Waals surface area contributed by atoms with Crippen LogP contribution in [0, 0.1) is 17.8 Å². The summed E-state index contributed by atoms with van der Waals surface area (Å²) in [6, 6.07) is 0. The van der Waals surface area contributed by atoms with E-state index in [-0.39, 0.29) is 55.3 Å². The van der Waals surface area contributed by atoms with Crippen LogP contribution in [-0.4, -0.2) is 81.2 Å². The fourth-order valence-electron chi connectivity index (χ4n) is 4.94. The Kier molecular flexibility index (Phi) is 12.8. The molecule has 0 aromatic carbocycles. The minimum absolute atomic E-state index is 0.00911. The molecular formula is C30H48O9. The molecule has 1 saturated heterocycles. The van der Waals surface area contributed by atoms with Crippen LogP contribution >= 0.6 is 0 Å². The molecule has 2 aliphatic heterocycles. The van der Waals surface area contributed by atoms with E-state index < -0.39 is 42.5 Å². The molecule has 10 atom stereocenters. The van der Waals surface area contributed by atoms with Crippen LogP contribution in [-0.2, 0) is 23.8 Å². The first-order valence-electron chi connectivity index (χ1n) is 14.1. The van der Waals surface area contributed by atoms with Crippen LogP contribution in [0.4, 0.5) is 0 Å². The van der Waals surface area contributed by atoms with Gasteiger partial charge in [0.15, 0.2) is 0 Å². The monoisotopic (exact) mass is 552 g/mol. The second kappa shape index (κ2) is 15.1. The number of aliphatic hydroxyl groups excluding tert-OH is 3. The number of rotatable bonds is 10. The average Bonchev–Trinajstić information content (AvgIpc) is 3.64. The molecule has 9 heteroatoms. The van der Waals surface area contributed by atoms with E-state index in [1.54, 1.807) is 6.08 Å². The number of epoxide rings is 1. The summed E-state index contributed by atoms with van der Waals surface area (Å²) in [4.78, 5) is 23.9. The second-order valence-electron chi connectivity index (χ2n) is 11.4. The van der Waals surface area contributed by atoms with E-state index in [1.165, 1.54) is 13.0 Å². The van der Waals surface area contributed by atoms with Crippen molar-refractivity contribution in [2.24, 2.45) is 17.8 Å². The lowest BCUT2D eigenvalue weighted by atomic mass is 9.88. The maximum atomic E-state index is 12.6. The van der Waals surface area contributed by atoms with Crippen molar-refractivity contribution in [2.45, 2.75) is 116 Å². The van der Waals surface area contributed by atoms with Crippen LogP contribution in [0.3, 0.4) is 0 Å². The van der Waals surface area contributed by atoms with E-state index in [9.17, 15) is 30.0 Å². The standard InChI is InChI=1S/C30H48O9/c1-7-24(33)21(5)29-25(38-29)15-18(2)9-8-10-19(3)28-20(4)11-12-26(34)30(36,17-37-22(6)31)14-13-23(32)16-27(35)39-28/h8-12,18,20-21,23-26,28-29,32-34,36H,7,13-17H2,1-6H3/b9-8+,12-11-,19-10+. The summed E-state index contributed by atoms with van der Waals surface area (Å²) in [5.74, 6) is -1.17. The number of allylic oxidation sites excluding steroid dienone is 3. The lowest BCUT2D eigenvalue weighted by Crippen LogP contribution is -2.47. The largest absolute Gasteiger partial charge is 0.463 e. The van der Waals surface area contributed by atoms with Crippen LogP contribution < -0.4 is 0 Å². The van der Waals surface area contributed by atoms with E-state index in [2.05, 4.69) is 13.0 Å². The molecule has 222 valence electrons. The SMILES string of the molecule is CCC(O)C(C)C1OC1CC(C)/C=C/C=C(\C)C1OC(=O)CC(O)CCC(O)(COC(C)=O)C(O)/C=C\C1C. The molecule has 0 aromatic heterocycles. The van der Waals surface area contributed by atoms with Gasteiger partial charge in [-0.3, -0.25) is 9.59 Å². The van der Waals surface area contributed by atoms with Crippen LogP contribution in [0.5, 0.6) is 0 Å². The van der Waals surface area contributed by atoms with E-state index in [1.807, 2.05) is 39.8 Å². The van der Waals surface area contributed by atoms with E-state index in [0.29, 0.717) is 6.42 Å². The Hall–Kier alpha value is -2.04. The summed E-state index contributed by atoms with van der Waals surface area (Å²) in [7, 11) is 0. The van der Waals surface area contributed by atoms with Gasteiger partial charge in [-0.2, -0.15) is 0 Å². The minimum atomic E-state index is -1.80. The van der Waals surface area contributed by atoms with Gasteiger partial charge in [-0.25, -0.2) is 0 Å². The van der Waals surface area contributed by atoms with Crippen molar-refractivity contribution in [1.82, 2.24) is 0 Å². The van der Waals surface area contributed by atoms with E-state index in [0.717, 1.165) is 12.0 Å². The van der Waals surface area contributed by atoms with Crippen molar-refractivity contribution in [2.75, 3.05) is 6.61 Å². The Morgan fingerprint density at radius 2 is 1.95 bits per heavy atom. The third kappa shape index (κ3) is 10.5. The number of ether oxygens (including phenoxy) is 3. The van der Waals surface area contributed by atoms with Gasteiger partial charge in [-0.05, 0) is 44.1 Å². The molecule has 39 heavy (non-hydrogen) atoms. The normalized spacial score (nSPS) is 35.7. The molecule has 0 spiro atoms. The summed E-state index contributed by atoms with van der Waals surface area (Å²) in [6.45, 7) is 10.5. The van der Waals surface area contributed by atoms with Crippen LogP contribution in [0.15, 0.2) is 36.0 Å². The lowest BCUT2D eigenvalue weighted by molar-refractivity contribution is -0.157. The maximum absolute atomic E-state index is 12.6. The van der Waals surface area contributed by atoms with Crippen molar-refractivity contribution in [3.63, 3.8) is 0 Å². The smallest absolute Gasteiger partial charge is 0.309 e. The van der Waals surface area contributed by atoms with Crippen molar-refractivity contribution in [3.05, 3.63) is 36.0 Å². The van der Waals surface area contributed by atoms with Gasteiger partial charge in [-0.15, -0.1) is 0 Å². The molecule has 0 saturated carbocycles.